The maximum absolute atomic E-state index is 11.8. The van der Waals surface area contributed by atoms with E-state index in [0.717, 1.165) is 23.3 Å². The number of hydrogen-bond acceptors (Lipinski definition) is 7. The number of rotatable bonds is 10. The monoisotopic (exact) mass is 449 g/mol. The molecule has 0 aliphatic carbocycles. The molecule has 0 atom stereocenters. The number of carbonyl (C=O) groups excluding carboxylic acids is 2. The van der Waals surface area contributed by atoms with Gasteiger partial charge in [0.15, 0.2) is 15.4 Å². The van der Waals surface area contributed by atoms with Crippen molar-refractivity contribution in [2.75, 3.05) is 26.0 Å². The molecule has 0 radical (unpaired) electrons. The van der Waals surface area contributed by atoms with Gasteiger partial charge in [-0.05, 0) is 44.0 Å². The van der Waals surface area contributed by atoms with Crippen LogP contribution in [0.1, 0.15) is 19.4 Å². The Morgan fingerprint density at radius 2 is 1.94 bits per heavy atom. The maximum Gasteiger partial charge on any atom is 0.244 e. The van der Waals surface area contributed by atoms with Crippen LogP contribution in [0, 0.1) is 0 Å². The molecule has 168 valence electrons. The lowest BCUT2D eigenvalue weighted by Crippen LogP contribution is -2.28. The zero-order valence-corrected chi connectivity index (χ0v) is 18.6. The van der Waals surface area contributed by atoms with Crippen LogP contribution in [-0.2, 0) is 30.6 Å². The summed E-state index contributed by atoms with van der Waals surface area (Å²) >= 11 is 0. The highest BCUT2D eigenvalue weighted by molar-refractivity contribution is 7.93. The standard InChI is InChI=1S/C22H27NO7S/c1-22(2)20(25)14-19(30-22)17(15-24)9-12-29-18-6-4-16(5-7-18)8-11-23-21(26)10-13-31(3,27)28/h4-7,9-10,13-14,24H,8,11-12,15H2,1-3H3,(H,23,26)/b13-10+,17-9+. The van der Waals surface area contributed by atoms with Crippen molar-refractivity contribution in [1.29, 1.82) is 0 Å². The van der Waals surface area contributed by atoms with E-state index in [2.05, 4.69) is 5.32 Å². The van der Waals surface area contributed by atoms with Crippen molar-refractivity contribution in [3.8, 4) is 5.75 Å². The molecule has 1 aliphatic rings. The second-order valence-electron chi connectivity index (χ2n) is 7.50. The quantitative estimate of drug-likeness (QED) is 0.519. The Morgan fingerprint density at radius 3 is 2.48 bits per heavy atom. The summed E-state index contributed by atoms with van der Waals surface area (Å²) in [5.74, 6) is 0.351. The van der Waals surface area contributed by atoms with Crippen molar-refractivity contribution < 1.29 is 32.6 Å². The zero-order chi connectivity index (χ0) is 23.1. The van der Waals surface area contributed by atoms with Crippen molar-refractivity contribution in [2.24, 2.45) is 0 Å². The third kappa shape index (κ3) is 8.03. The summed E-state index contributed by atoms with van der Waals surface area (Å²) in [6.45, 7) is 3.61. The smallest absolute Gasteiger partial charge is 0.244 e. The third-order valence-corrected chi connectivity index (χ3v) is 5.02. The summed E-state index contributed by atoms with van der Waals surface area (Å²) in [4.78, 5) is 23.4. The average Bonchev–Trinajstić information content (AvgIpc) is 2.96. The molecule has 1 aliphatic heterocycles. The van der Waals surface area contributed by atoms with Crippen LogP contribution in [0.4, 0.5) is 0 Å². The molecule has 9 heteroatoms. The Hall–Kier alpha value is -2.91. The van der Waals surface area contributed by atoms with E-state index >= 15 is 0 Å². The van der Waals surface area contributed by atoms with E-state index in [1.807, 2.05) is 12.1 Å². The van der Waals surface area contributed by atoms with Crippen LogP contribution in [0.2, 0.25) is 0 Å². The highest BCUT2D eigenvalue weighted by Gasteiger charge is 2.35. The molecule has 8 nitrogen and oxygen atoms in total. The van der Waals surface area contributed by atoms with Crippen LogP contribution in [0.25, 0.3) is 0 Å². The van der Waals surface area contributed by atoms with Gasteiger partial charge in [0.2, 0.25) is 11.7 Å². The second-order valence-corrected chi connectivity index (χ2v) is 9.43. The number of nitrogens with one attached hydrogen (secondary N) is 1. The molecule has 0 spiro atoms. The van der Waals surface area contributed by atoms with Gasteiger partial charge in [0.1, 0.15) is 18.1 Å². The molecule has 1 heterocycles. The summed E-state index contributed by atoms with van der Waals surface area (Å²) in [6, 6.07) is 7.28. The van der Waals surface area contributed by atoms with Crippen LogP contribution >= 0.6 is 0 Å². The van der Waals surface area contributed by atoms with Gasteiger partial charge >= 0.3 is 0 Å². The van der Waals surface area contributed by atoms with E-state index in [9.17, 15) is 23.1 Å². The molecule has 0 unspecified atom stereocenters. The molecule has 31 heavy (non-hydrogen) atoms. The molecule has 0 aromatic heterocycles. The predicted octanol–water partition coefficient (Wildman–Crippen LogP) is 1.46. The van der Waals surface area contributed by atoms with Gasteiger partial charge < -0.3 is 19.9 Å². The number of benzene rings is 1. The largest absolute Gasteiger partial charge is 0.490 e. The first-order valence-electron chi connectivity index (χ1n) is 9.63. The normalized spacial score (nSPS) is 16.2. The van der Waals surface area contributed by atoms with Gasteiger partial charge in [0.25, 0.3) is 0 Å². The fourth-order valence-corrected chi connectivity index (χ4v) is 2.98. The topological polar surface area (TPSA) is 119 Å². The molecule has 0 bridgehead atoms. The molecule has 1 aromatic rings. The fourth-order valence-electron chi connectivity index (χ4n) is 2.61. The average molecular weight is 450 g/mol. The highest BCUT2D eigenvalue weighted by atomic mass is 32.2. The van der Waals surface area contributed by atoms with Crippen molar-refractivity contribution >= 4 is 21.5 Å². The SMILES string of the molecule is CC1(C)OC(/C(=C/COc2ccc(CCNC(=O)/C=C/S(C)(=O)=O)cc2)CO)=CC1=O. The van der Waals surface area contributed by atoms with Gasteiger partial charge in [0, 0.05) is 35.9 Å². The molecule has 0 saturated heterocycles. The molecule has 1 amide bonds. The van der Waals surface area contributed by atoms with Gasteiger partial charge in [0.05, 0.1) is 6.61 Å². The number of aliphatic hydroxyl groups excluding tert-OH is 1. The highest BCUT2D eigenvalue weighted by Crippen LogP contribution is 2.28. The second kappa shape index (κ2) is 10.4. The number of aliphatic hydroxyl groups is 1. The van der Waals surface area contributed by atoms with Crippen molar-refractivity contribution in [3.63, 3.8) is 0 Å². The summed E-state index contributed by atoms with van der Waals surface area (Å²) in [6.07, 6.45) is 5.62. The Balaban J connectivity index is 1.81. The minimum Gasteiger partial charge on any atom is -0.490 e. The number of hydrogen-bond donors (Lipinski definition) is 2. The molecule has 1 aromatic carbocycles. The van der Waals surface area contributed by atoms with E-state index in [-0.39, 0.29) is 19.0 Å². The summed E-state index contributed by atoms with van der Waals surface area (Å²) < 4.78 is 33.2. The first-order valence-corrected chi connectivity index (χ1v) is 11.6. The van der Waals surface area contributed by atoms with Crippen LogP contribution in [0.5, 0.6) is 5.75 Å². The van der Waals surface area contributed by atoms with E-state index in [0.29, 0.717) is 30.0 Å². The Bertz CT molecular complexity index is 1000. The van der Waals surface area contributed by atoms with Crippen molar-refractivity contribution in [3.05, 3.63) is 64.8 Å². The Morgan fingerprint density at radius 1 is 1.26 bits per heavy atom. The first-order chi connectivity index (χ1) is 14.5. The number of ether oxygens (including phenoxy) is 2. The summed E-state index contributed by atoms with van der Waals surface area (Å²) in [5, 5.41) is 13.0. The van der Waals surface area contributed by atoms with E-state index < -0.39 is 21.3 Å². The molecule has 2 N–H and O–H groups in total. The van der Waals surface area contributed by atoms with E-state index in [1.54, 1.807) is 32.1 Å². The van der Waals surface area contributed by atoms with Crippen LogP contribution in [0.3, 0.4) is 0 Å². The number of ketones is 1. The number of amides is 1. The first kappa shape index (κ1) is 24.4. The lowest BCUT2D eigenvalue weighted by atomic mass is 10.1. The number of carbonyl (C=O) groups is 2. The summed E-state index contributed by atoms with van der Waals surface area (Å²) in [5.41, 5.74) is 0.525. The van der Waals surface area contributed by atoms with Gasteiger partial charge in [-0.15, -0.1) is 0 Å². The fraction of sp³-hybridized carbons (Fsp3) is 0.364. The molecule has 0 saturated carbocycles. The van der Waals surface area contributed by atoms with Crippen LogP contribution in [-0.4, -0.2) is 56.8 Å². The van der Waals surface area contributed by atoms with Crippen molar-refractivity contribution in [2.45, 2.75) is 25.9 Å². The molecular weight excluding hydrogens is 422 g/mol. The zero-order valence-electron chi connectivity index (χ0n) is 17.8. The summed E-state index contributed by atoms with van der Waals surface area (Å²) in [7, 11) is -3.33. The lowest BCUT2D eigenvalue weighted by molar-refractivity contribution is -0.126. The van der Waals surface area contributed by atoms with Crippen molar-refractivity contribution in [1.82, 2.24) is 5.32 Å². The van der Waals surface area contributed by atoms with Gasteiger partial charge in [-0.3, -0.25) is 9.59 Å². The van der Waals surface area contributed by atoms with Crippen LogP contribution in [0.15, 0.2) is 59.2 Å². The molecule has 2 rings (SSSR count). The number of sulfone groups is 1. The minimum atomic E-state index is -3.33. The van der Waals surface area contributed by atoms with Gasteiger partial charge in [-0.2, -0.15) is 0 Å². The molecular formula is C22H27NO7S. The maximum atomic E-state index is 11.8. The van der Waals surface area contributed by atoms with E-state index in [4.69, 9.17) is 9.47 Å². The lowest BCUT2D eigenvalue weighted by Gasteiger charge is -2.18. The Labute approximate surface area is 182 Å². The minimum absolute atomic E-state index is 0.152. The van der Waals surface area contributed by atoms with Gasteiger partial charge in [-0.1, -0.05) is 12.1 Å². The van der Waals surface area contributed by atoms with Crippen LogP contribution < -0.4 is 10.1 Å². The van der Waals surface area contributed by atoms with E-state index in [1.165, 1.54) is 6.08 Å². The predicted molar refractivity (Wildman–Crippen MR) is 116 cm³/mol. The Kier molecular flexibility index (Phi) is 8.18. The van der Waals surface area contributed by atoms with Gasteiger partial charge in [-0.25, -0.2) is 8.42 Å². The third-order valence-electron chi connectivity index (χ3n) is 4.39. The molecule has 0 fully saturated rings.